The molecule has 0 saturated carbocycles. The fraction of sp³-hybridized carbons (Fsp3) is 0.889. The fourth-order valence-corrected chi connectivity index (χ4v) is 3.01. The number of rotatable bonds is 3. The summed E-state index contributed by atoms with van der Waals surface area (Å²) >= 11 is 0. The highest BCUT2D eigenvalue weighted by molar-refractivity contribution is 7.87. The standard InChI is InChI=1S/C9H19N3O4S/c1-7(10)8-4-3-5-12(6-8)17(14,15)11-9(13)16-2/h7-8H,3-6,10H2,1-2H3,(H,11,13). The molecule has 1 saturated heterocycles. The number of ether oxygens (including phenoxy) is 1. The van der Waals surface area contributed by atoms with Crippen LogP contribution in [0.15, 0.2) is 0 Å². The van der Waals surface area contributed by atoms with Crippen molar-refractivity contribution in [2.75, 3.05) is 20.2 Å². The van der Waals surface area contributed by atoms with Crippen LogP contribution in [0.2, 0.25) is 0 Å². The van der Waals surface area contributed by atoms with Crippen molar-refractivity contribution in [3.63, 3.8) is 0 Å². The Morgan fingerprint density at radius 3 is 2.76 bits per heavy atom. The number of amides is 1. The van der Waals surface area contributed by atoms with E-state index in [2.05, 4.69) is 4.74 Å². The summed E-state index contributed by atoms with van der Waals surface area (Å²) in [6.07, 6.45) is 0.670. The molecule has 0 aromatic heterocycles. The van der Waals surface area contributed by atoms with Gasteiger partial charge in [0.25, 0.3) is 0 Å². The zero-order chi connectivity index (χ0) is 13.1. The van der Waals surface area contributed by atoms with E-state index >= 15 is 0 Å². The van der Waals surface area contributed by atoms with Gasteiger partial charge < -0.3 is 10.5 Å². The Morgan fingerprint density at radius 1 is 1.59 bits per heavy atom. The van der Waals surface area contributed by atoms with Gasteiger partial charge in [0.15, 0.2) is 0 Å². The van der Waals surface area contributed by atoms with E-state index in [0.717, 1.165) is 20.0 Å². The first kappa shape index (κ1) is 14.2. The molecule has 17 heavy (non-hydrogen) atoms. The molecule has 7 nitrogen and oxygen atoms in total. The van der Waals surface area contributed by atoms with Gasteiger partial charge in [-0.05, 0) is 25.7 Å². The predicted molar refractivity (Wildman–Crippen MR) is 62.4 cm³/mol. The second-order valence-electron chi connectivity index (χ2n) is 4.22. The molecule has 1 rings (SSSR count). The average molecular weight is 265 g/mol. The van der Waals surface area contributed by atoms with Gasteiger partial charge >= 0.3 is 16.3 Å². The number of nitrogens with one attached hydrogen (secondary N) is 1. The lowest BCUT2D eigenvalue weighted by molar-refractivity contribution is 0.175. The summed E-state index contributed by atoms with van der Waals surface area (Å²) in [7, 11) is -2.69. The van der Waals surface area contributed by atoms with E-state index in [1.54, 1.807) is 0 Å². The normalized spacial score (nSPS) is 24.1. The number of hydrogen-bond acceptors (Lipinski definition) is 5. The van der Waals surface area contributed by atoms with Crippen LogP contribution < -0.4 is 10.5 Å². The van der Waals surface area contributed by atoms with E-state index in [-0.39, 0.29) is 12.0 Å². The first-order chi connectivity index (χ1) is 7.86. The van der Waals surface area contributed by atoms with E-state index in [4.69, 9.17) is 5.73 Å². The minimum atomic E-state index is -3.81. The largest absolute Gasteiger partial charge is 0.452 e. The van der Waals surface area contributed by atoms with Crippen LogP contribution in [0, 0.1) is 5.92 Å². The van der Waals surface area contributed by atoms with Crippen LogP contribution in [-0.4, -0.2) is 45.1 Å². The zero-order valence-corrected chi connectivity index (χ0v) is 10.9. The zero-order valence-electron chi connectivity index (χ0n) is 10.0. The molecule has 8 heteroatoms. The quantitative estimate of drug-likeness (QED) is 0.726. The molecule has 1 fully saturated rings. The topological polar surface area (TPSA) is 102 Å². The summed E-state index contributed by atoms with van der Waals surface area (Å²) in [6.45, 7) is 2.59. The van der Waals surface area contributed by atoms with Gasteiger partial charge in [-0.3, -0.25) is 0 Å². The van der Waals surface area contributed by atoms with Crippen molar-refractivity contribution in [2.45, 2.75) is 25.8 Å². The molecule has 2 atom stereocenters. The third-order valence-corrected chi connectivity index (χ3v) is 4.34. The van der Waals surface area contributed by atoms with E-state index in [1.807, 2.05) is 11.6 Å². The second kappa shape index (κ2) is 5.65. The van der Waals surface area contributed by atoms with Crippen LogP contribution in [0.25, 0.3) is 0 Å². The highest BCUT2D eigenvalue weighted by Crippen LogP contribution is 2.20. The summed E-state index contributed by atoms with van der Waals surface area (Å²) in [5.41, 5.74) is 5.77. The number of carbonyl (C=O) groups is 1. The molecule has 0 bridgehead atoms. The number of methoxy groups -OCH3 is 1. The van der Waals surface area contributed by atoms with Crippen molar-refractivity contribution in [1.29, 1.82) is 0 Å². The molecule has 2 unspecified atom stereocenters. The summed E-state index contributed by atoms with van der Waals surface area (Å²) < 4.78 is 30.9. The van der Waals surface area contributed by atoms with Crippen molar-refractivity contribution in [1.82, 2.24) is 9.03 Å². The van der Waals surface area contributed by atoms with Crippen LogP contribution in [-0.2, 0) is 14.9 Å². The molecule has 1 aliphatic rings. The molecular formula is C9H19N3O4S. The Balaban J connectivity index is 2.68. The lowest BCUT2D eigenvalue weighted by Crippen LogP contribution is -2.50. The van der Waals surface area contributed by atoms with Crippen molar-refractivity contribution in [3.05, 3.63) is 0 Å². The number of nitrogens with zero attached hydrogens (tertiary/aromatic N) is 1. The van der Waals surface area contributed by atoms with Crippen LogP contribution in [0.3, 0.4) is 0 Å². The molecule has 0 aromatic carbocycles. The van der Waals surface area contributed by atoms with E-state index < -0.39 is 16.3 Å². The molecule has 1 aliphatic heterocycles. The summed E-state index contributed by atoms with van der Waals surface area (Å²) in [5.74, 6) is 0.123. The number of piperidine rings is 1. The first-order valence-corrected chi connectivity index (χ1v) is 6.92. The third-order valence-electron chi connectivity index (χ3n) is 2.90. The number of hydrogen-bond donors (Lipinski definition) is 2. The van der Waals surface area contributed by atoms with Crippen molar-refractivity contribution in [2.24, 2.45) is 11.7 Å². The average Bonchev–Trinajstić information content (AvgIpc) is 2.28. The number of nitrogens with two attached hydrogens (primary N) is 1. The maximum absolute atomic E-state index is 11.8. The predicted octanol–water partition coefficient (Wildman–Crippen LogP) is -0.354. The Morgan fingerprint density at radius 2 is 2.24 bits per heavy atom. The molecule has 100 valence electrons. The van der Waals surface area contributed by atoms with Crippen LogP contribution >= 0.6 is 0 Å². The van der Waals surface area contributed by atoms with E-state index in [0.29, 0.717) is 13.1 Å². The third kappa shape index (κ3) is 3.83. The molecule has 3 N–H and O–H groups in total. The smallest absolute Gasteiger partial charge is 0.421 e. The highest BCUT2D eigenvalue weighted by Gasteiger charge is 2.31. The SMILES string of the molecule is COC(=O)NS(=O)(=O)N1CCCC(C(C)N)C1. The molecule has 0 radical (unpaired) electrons. The van der Waals surface area contributed by atoms with Crippen molar-refractivity contribution >= 4 is 16.3 Å². The molecule has 0 aliphatic carbocycles. The minimum Gasteiger partial charge on any atom is -0.452 e. The van der Waals surface area contributed by atoms with Crippen molar-refractivity contribution in [3.8, 4) is 0 Å². The van der Waals surface area contributed by atoms with Gasteiger partial charge in [0.05, 0.1) is 7.11 Å². The fourth-order valence-electron chi connectivity index (χ4n) is 1.83. The monoisotopic (exact) mass is 265 g/mol. The van der Waals surface area contributed by atoms with E-state index in [1.165, 1.54) is 4.31 Å². The van der Waals surface area contributed by atoms with Crippen LogP contribution in [0.1, 0.15) is 19.8 Å². The maximum Gasteiger partial charge on any atom is 0.421 e. The maximum atomic E-state index is 11.8. The summed E-state index contributed by atoms with van der Waals surface area (Å²) in [4.78, 5) is 10.9. The van der Waals surface area contributed by atoms with Gasteiger partial charge in [-0.25, -0.2) is 9.52 Å². The first-order valence-electron chi connectivity index (χ1n) is 5.48. The molecule has 1 amide bonds. The molecule has 1 heterocycles. The van der Waals surface area contributed by atoms with Gasteiger partial charge in [-0.1, -0.05) is 0 Å². The highest BCUT2D eigenvalue weighted by atomic mass is 32.2. The summed E-state index contributed by atoms with van der Waals surface area (Å²) in [5, 5.41) is 0. The van der Waals surface area contributed by atoms with Gasteiger partial charge in [0.1, 0.15) is 0 Å². The van der Waals surface area contributed by atoms with Gasteiger partial charge in [0, 0.05) is 19.1 Å². The lowest BCUT2D eigenvalue weighted by Gasteiger charge is -2.33. The van der Waals surface area contributed by atoms with Crippen molar-refractivity contribution < 1.29 is 17.9 Å². The molecular weight excluding hydrogens is 246 g/mol. The Hall–Kier alpha value is -0.860. The summed E-state index contributed by atoms with van der Waals surface area (Å²) in [6, 6.07) is -0.0638. The Labute approximate surface area is 101 Å². The number of carbonyl (C=O) groups excluding carboxylic acids is 1. The van der Waals surface area contributed by atoms with Gasteiger partial charge in [-0.15, -0.1) is 0 Å². The Kier molecular flexibility index (Phi) is 4.72. The Bertz CT molecular complexity index is 368. The lowest BCUT2D eigenvalue weighted by atomic mass is 9.93. The van der Waals surface area contributed by atoms with Crippen LogP contribution in [0.5, 0.6) is 0 Å². The van der Waals surface area contributed by atoms with Crippen LogP contribution in [0.4, 0.5) is 4.79 Å². The minimum absolute atomic E-state index is 0.0638. The van der Waals surface area contributed by atoms with Gasteiger partial charge in [-0.2, -0.15) is 12.7 Å². The van der Waals surface area contributed by atoms with E-state index in [9.17, 15) is 13.2 Å². The molecule has 0 spiro atoms. The van der Waals surface area contributed by atoms with Gasteiger partial charge in [0.2, 0.25) is 0 Å². The molecule has 0 aromatic rings. The second-order valence-corrected chi connectivity index (χ2v) is 5.89.